The zero-order chi connectivity index (χ0) is 16.8. The van der Waals surface area contributed by atoms with Crippen molar-refractivity contribution >= 4 is 5.91 Å². The van der Waals surface area contributed by atoms with Gasteiger partial charge >= 0.3 is 0 Å². The van der Waals surface area contributed by atoms with Gasteiger partial charge in [0, 0.05) is 13.1 Å². The van der Waals surface area contributed by atoms with Crippen LogP contribution in [0.4, 0.5) is 4.39 Å². The molecule has 5 heteroatoms. The third-order valence-corrected chi connectivity index (χ3v) is 5.19. The van der Waals surface area contributed by atoms with Gasteiger partial charge in [0.15, 0.2) is 0 Å². The molecule has 0 radical (unpaired) electrons. The van der Waals surface area contributed by atoms with Crippen LogP contribution < -0.4 is 0 Å². The summed E-state index contributed by atoms with van der Waals surface area (Å²) in [4.78, 5) is 14.6. The molecule has 1 aliphatic carbocycles. The van der Waals surface area contributed by atoms with Gasteiger partial charge in [-0.15, -0.1) is 0 Å². The minimum absolute atomic E-state index is 0.136. The van der Waals surface area contributed by atoms with Gasteiger partial charge in [-0.3, -0.25) is 4.79 Å². The van der Waals surface area contributed by atoms with Gasteiger partial charge in [0.25, 0.3) is 0 Å². The van der Waals surface area contributed by atoms with Gasteiger partial charge in [0.05, 0.1) is 22.6 Å². The number of carbonyl (C=O) groups excluding carboxylic acids is 1. The predicted molar refractivity (Wildman–Crippen MR) is 83.0 cm³/mol. The molecule has 122 valence electrons. The number of amides is 1. The smallest absolute Gasteiger partial charge is 0.232 e. The third-order valence-electron chi connectivity index (χ3n) is 5.19. The highest BCUT2D eigenvalue weighted by atomic mass is 19.1. The van der Waals surface area contributed by atoms with Gasteiger partial charge in [-0.05, 0) is 62.8 Å². The predicted octanol–water partition coefficient (Wildman–Crippen LogP) is 2.35. The van der Waals surface area contributed by atoms with Crippen molar-refractivity contribution in [3.05, 3.63) is 35.1 Å². The third kappa shape index (κ3) is 2.84. The largest absolute Gasteiger partial charge is 0.388 e. The Morgan fingerprint density at radius 2 is 2.13 bits per heavy atom. The average Bonchev–Trinajstić information content (AvgIpc) is 3.30. The van der Waals surface area contributed by atoms with Gasteiger partial charge in [-0.2, -0.15) is 5.26 Å². The topological polar surface area (TPSA) is 64.3 Å². The summed E-state index contributed by atoms with van der Waals surface area (Å²) in [6.45, 7) is 4.34. The number of hydrogen-bond acceptors (Lipinski definition) is 3. The van der Waals surface area contributed by atoms with Gasteiger partial charge in [-0.1, -0.05) is 0 Å². The Morgan fingerprint density at radius 3 is 2.74 bits per heavy atom. The molecule has 0 spiro atoms. The first-order chi connectivity index (χ1) is 10.8. The van der Waals surface area contributed by atoms with E-state index in [9.17, 15) is 14.3 Å². The Hall–Kier alpha value is -1.93. The normalized spacial score (nSPS) is 24.6. The van der Waals surface area contributed by atoms with Crippen LogP contribution in [0.5, 0.6) is 0 Å². The van der Waals surface area contributed by atoms with E-state index in [0.29, 0.717) is 31.0 Å². The lowest BCUT2D eigenvalue weighted by atomic mass is 9.82. The maximum atomic E-state index is 13.7. The average molecular weight is 316 g/mol. The maximum absolute atomic E-state index is 13.7. The number of nitrogens with zero attached hydrogens (tertiary/aromatic N) is 2. The summed E-state index contributed by atoms with van der Waals surface area (Å²) in [5.41, 5.74) is -1.01. The fourth-order valence-corrected chi connectivity index (χ4v) is 3.48. The zero-order valence-corrected chi connectivity index (χ0v) is 13.5. The van der Waals surface area contributed by atoms with Crippen LogP contribution in [0, 0.1) is 23.1 Å². The monoisotopic (exact) mass is 316 g/mol. The van der Waals surface area contributed by atoms with Gasteiger partial charge in [0.2, 0.25) is 5.91 Å². The van der Waals surface area contributed by atoms with Crippen molar-refractivity contribution < 1.29 is 14.3 Å². The van der Waals surface area contributed by atoms with E-state index in [2.05, 4.69) is 0 Å². The van der Waals surface area contributed by atoms with Crippen molar-refractivity contribution in [2.24, 2.45) is 5.92 Å². The first kappa shape index (κ1) is 15.9. The summed E-state index contributed by atoms with van der Waals surface area (Å²) in [7, 11) is 0. The number of aliphatic hydroxyl groups is 1. The molecule has 1 amide bonds. The molecule has 2 fully saturated rings. The Labute approximate surface area is 135 Å². The molecule has 1 saturated carbocycles. The van der Waals surface area contributed by atoms with Crippen molar-refractivity contribution in [3.8, 4) is 6.07 Å². The number of benzene rings is 1. The summed E-state index contributed by atoms with van der Waals surface area (Å²) in [6.07, 6.45) is 2.65. The molecule has 1 aromatic rings. The number of rotatable bonds is 3. The molecule has 0 aromatic heterocycles. The molecule has 3 rings (SSSR count). The van der Waals surface area contributed by atoms with Crippen molar-refractivity contribution in [2.45, 2.75) is 44.1 Å². The zero-order valence-electron chi connectivity index (χ0n) is 13.5. The van der Waals surface area contributed by atoms with E-state index in [1.54, 1.807) is 24.8 Å². The highest BCUT2D eigenvalue weighted by Crippen LogP contribution is 2.45. The molecule has 1 heterocycles. The highest BCUT2D eigenvalue weighted by Gasteiger charge is 2.50. The molecular formula is C18H21FN2O2. The number of hydrogen-bond donors (Lipinski definition) is 1. The summed E-state index contributed by atoms with van der Waals surface area (Å²) in [5, 5.41) is 19.6. The van der Waals surface area contributed by atoms with Crippen LogP contribution in [0.3, 0.4) is 0 Å². The molecule has 1 aliphatic heterocycles. The molecule has 1 saturated heterocycles. The Morgan fingerprint density at radius 1 is 1.43 bits per heavy atom. The van der Waals surface area contributed by atoms with E-state index in [-0.39, 0.29) is 11.5 Å². The maximum Gasteiger partial charge on any atom is 0.232 e. The Balaban J connectivity index is 1.83. The molecule has 1 N–H and O–H groups in total. The molecular weight excluding hydrogens is 295 g/mol. The van der Waals surface area contributed by atoms with E-state index in [4.69, 9.17) is 5.26 Å². The van der Waals surface area contributed by atoms with E-state index in [1.807, 2.05) is 6.07 Å². The van der Waals surface area contributed by atoms with Crippen molar-refractivity contribution in [2.75, 3.05) is 13.1 Å². The summed E-state index contributed by atoms with van der Waals surface area (Å²) in [5.74, 6) is -0.345. The molecule has 4 nitrogen and oxygen atoms in total. The molecule has 1 unspecified atom stereocenters. The highest BCUT2D eigenvalue weighted by molar-refractivity contribution is 5.87. The van der Waals surface area contributed by atoms with Gasteiger partial charge < -0.3 is 10.0 Å². The second kappa shape index (κ2) is 5.31. The van der Waals surface area contributed by atoms with Crippen LogP contribution in [0.15, 0.2) is 18.2 Å². The summed E-state index contributed by atoms with van der Waals surface area (Å²) < 4.78 is 13.7. The van der Waals surface area contributed by atoms with Gasteiger partial charge in [0.1, 0.15) is 5.82 Å². The second-order valence-corrected chi connectivity index (χ2v) is 7.32. The molecule has 2 aliphatic rings. The lowest BCUT2D eigenvalue weighted by molar-refractivity contribution is -0.136. The van der Waals surface area contributed by atoms with Crippen LogP contribution in [-0.2, 0) is 10.2 Å². The second-order valence-electron chi connectivity index (χ2n) is 7.32. The van der Waals surface area contributed by atoms with Gasteiger partial charge in [-0.25, -0.2) is 4.39 Å². The number of halogens is 1. The Bertz CT molecular complexity index is 691. The van der Waals surface area contributed by atoms with E-state index in [0.717, 1.165) is 18.9 Å². The van der Waals surface area contributed by atoms with Crippen molar-refractivity contribution in [1.82, 2.24) is 4.90 Å². The van der Waals surface area contributed by atoms with E-state index >= 15 is 0 Å². The first-order valence-electron chi connectivity index (χ1n) is 7.99. The number of nitriles is 1. The number of carbonyl (C=O) groups is 1. The van der Waals surface area contributed by atoms with E-state index < -0.39 is 16.8 Å². The van der Waals surface area contributed by atoms with E-state index in [1.165, 1.54) is 6.07 Å². The number of likely N-dealkylation sites (tertiary alicyclic amines) is 1. The Kier molecular flexibility index (Phi) is 3.68. The lowest BCUT2D eigenvalue weighted by Gasteiger charge is -2.31. The molecule has 1 atom stereocenters. The fourth-order valence-electron chi connectivity index (χ4n) is 3.48. The fraction of sp³-hybridized carbons (Fsp3) is 0.556. The van der Waals surface area contributed by atoms with Crippen molar-refractivity contribution in [1.29, 1.82) is 5.26 Å². The SMILES string of the molecule is CC(C)(C(=O)N1CCC(O)(C2CC2)C1)c1cc(F)cc(C#N)c1. The molecule has 23 heavy (non-hydrogen) atoms. The standard InChI is InChI=1S/C18H21FN2O2/c1-17(2,14-7-12(10-20)8-15(19)9-14)16(22)21-6-5-18(23,11-21)13-3-4-13/h7-9,13,23H,3-6,11H2,1-2H3. The number of β-amino-alcohol motifs (C(OH)–C–C–N with tert-alkyl or cyclic N) is 1. The van der Waals surface area contributed by atoms with Crippen LogP contribution in [0.25, 0.3) is 0 Å². The lowest BCUT2D eigenvalue weighted by Crippen LogP contribution is -2.45. The minimum atomic E-state index is -0.942. The van der Waals surface area contributed by atoms with Crippen LogP contribution in [0.1, 0.15) is 44.2 Å². The summed E-state index contributed by atoms with van der Waals surface area (Å²) in [6, 6.07) is 5.95. The minimum Gasteiger partial charge on any atom is -0.388 e. The first-order valence-corrected chi connectivity index (χ1v) is 7.99. The summed E-state index contributed by atoms with van der Waals surface area (Å²) >= 11 is 0. The molecule has 0 bridgehead atoms. The quantitative estimate of drug-likeness (QED) is 0.931. The molecule has 1 aromatic carbocycles. The van der Waals surface area contributed by atoms with Crippen molar-refractivity contribution in [3.63, 3.8) is 0 Å². The van der Waals surface area contributed by atoms with Crippen LogP contribution in [-0.4, -0.2) is 34.6 Å². The van der Waals surface area contributed by atoms with Crippen LogP contribution in [0.2, 0.25) is 0 Å². The van der Waals surface area contributed by atoms with Crippen LogP contribution >= 0.6 is 0 Å².